The fourth-order valence-corrected chi connectivity index (χ4v) is 5.00. The van der Waals surface area contributed by atoms with E-state index in [-0.39, 0.29) is 24.7 Å². The summed E-state index contributed by atoms with van der Waals surface area (Å²) in [6.07, 6.45) is -3.03. The maximum Gasteiger partial charge on any atom is 0.410 e. The Morgan fingerprint density at radius 3 is 2.73 bits per heavy atom. The van der Waals surface area contributed by atoms with Crippen LogP contribution in [0.1, 0.15) is 51.3 Å². The number of nitrogens with zero attached hydrogens (tertiary/aromatic N) is 3. The minimum absolute atomic E-state index is 0.0449. The zero-order chi connectivity index (χ0) is 21.8. The maximum absolute atomic E-state index is 13.7. The number of ether oxygens (including phenoxy) is 1. The maximum atomic E-state index is 13.7. The lowest BCUT2D eigenvalue weighted by atomic mass is 9.84. The van der Waals surface area contributed by atoms with E-state index in [9.17, 15) is 22.8 Å². The van der Waals surface area contributed by atoms with Crippen LogP contribution >= 0.6 is 0 Å². The van der Waals surface area contributed by atoms with Gasteiger partial charge in [-0.05, 0) is 46.0 Å². The molecule has 10 heteroatoms. The predicted octanol–water partition coefficient (Wildman–Crippen LogP) is 3.06. The molecule has 166 valence electrons. The van der Waals surface area contributed by atoms with Gasteiger partial charge in [-0.1, -0.05) is 0 Å². The lowest BCUT2D eigenvalue weighted by Crippen LogP contribution is -2.51. The van der Waals surface area contributed by atoms with Crippen LogP contribution in [-0.2, 0) is 14.3 Å². The van der Waals surface area contributed by atoms with Gasteiger partial charge in [0.2, 0.25) is 5.91 Å². The molecule has 30 heavy (non-hydrogen) atoms. The quantitative estimate of drug-likeness (QED) is 0.733. The van der Waals surface area contributed by atoms with Crippen molar-refractivity contribution in [3.63, 3.8) is 0 Å². The fraction of sp³-hybridized carbons (Fsp3) is 0.750. The highest BCUT2D eigenvalue weighted by Crippen LogP contribution is 2.42. The average Bonchev–Trinajstić information content (AvgIpc) is 3.16. The summed E-state index contributed by atoms with van der Waals surface area (Å²) in [5.74, 6) is -0.852. The molecular formula is C20H27F3N4O3. The summed E-state index contributed by atoms with van der Waals surface area (Å²) in [4.78, 5) is 26.5. The van der Waals surface area contributed by atoms with Gasteiger partial charge in [0.25, 0.3) is 0 Å². The van der Waals surface area contributed by atoms with Crippen LogP contribution in [0.4, 0.5) is 19.0 Å². The molecule has 0 radical (unpaired) electrons. The number of hydrogen-bond acceptors (Lipinski definition) is 5. The Morgan fingerprint density at radius 2 is 2.10 bits per heavy atom. The Morgan fingerprint density at radius 1 is 1.37 bits per heavy atom. The number of cyclic esters (lactones) is 1. The first kappa shape index (κ1) is 21.0. The minimum atomic E-state index is -4.40. The van der Waals surface area contributed by atoms with Gasteiger partial charge in [0, 0.05) is 25.2 Å². The molecule has 1 amide bonds. The molecule has 4 heterocycles. The van der Waals surface area contributed by atoms with Gasteiger partial charge in [-0.15, -0.1) is 0 Å². The van der Waals surface area contributed by atoms with Crippen molar-refractivity contribution < 1.29 is 27.5 Å². The van der Waals surface area contributed by atoms with E-state index in [1.165, 1.54) is 0 Å². The molecular weight excluding hydrogens is 401 g/mol. The number of hydrogen-bond donors (Lipinski definition) is 1. The topological polar surface area (TPSA) is 76.5 Å². The highest BCUT2D eigenvalue weighted by atomic mass is 19.4. The van der Waals surface area contributed by atoms with E-state index in [1.807, 2.05) is 0 Å². The van der Waals surface area contributed by atoms with E-state index >= 15 is 0 Å². The normalized spacial score (nSPS) is 31.1. The number of halogens is 3. The molecule has 1 N–H and O–H groups in total. The number of piperidine rings is 1. The fourth-order valence-electron chi connectivity index (χ4n) is 5.00. The van der Waals surface area contributed by atoms with Crippen molar-refractivity contribution in [3.05, 3.63) is 11.8 Å². The highest BCUT2D eigenvalue weighted by Gasteiger charge is 2.50. The van der Waals surface area contributed by atoms with Gasteiger partial charge in [0.05, 0.1) is 18.0 Å². The third-order valence-corrected chi connectivity index (χ3v) is 6.56. The first-order valence-electron chi connectivity index (χ1n) is 10.4. The summed E-state index contributed by atoms with van der Waals surface area (Å²) in [5, 5.41) is 7.25. The lowest BCUT2D eigenvalue weighted by Gasteiger charge is -2.42. The molecule has 1 aromatic rings. The molecule has 0 aliphatic carbocycles. The van der Waals surface area contributed by atoms with Crippen molar-refractivity contribution >= 4 is 17.7 Å². The minimum Gasteiger partial charge on any atom is -0.459 e. The number of esters is 1. The molecule has 2 fully saturated rings. The Kier molecular flexibility index (Phi) is 5.01. The van der Waals surface area contributed by atoms with Gasteiger partial charge < -0.3 is 15.0 Å². The van der Waals surface area contributed by atoms with Crippen LogP contribution in [0.2, 0.25) is 0 Å². The zero-order valence-corrected chi connectivity index (χ0v) is 17.3. The largest absolute Gasteiger partial charge is 0.459 e. The second-order valence-electron chi connectivity index (χ2n) is 9.18. The average molecular weight is 428 g/mol. The Balaban J connectivity index is 1.51. The van der Waals surface area contributed by atoms with Gasteiger partial charge in [0.15, 0.2) is 6.04 Å². The third kappa shape index (κ3) is 3.76. The van der Waals surface area contributed by atoms with Crippen LogP contribution in [0.5, 0.6) is 0 Å². The Bertz CT molecular complexity index is 851. The van der Waals surface area contributed by atoms with Crippen LogP contribution < -0.4 is 5.32 Å². The standard InChI is InChI=1S/C20H27F3N4O3/c1-11-7-16-24-14(9-15(20(21,22)23)27(16)25-11)12-5-4-6-26(10-12)18(29)13-8-17(28)30-19(13,2)3/h7,12-15,24H,4-6,8-10H2,1-3H3/t12-,13-,14-,15+/m0/s1. The van der Waals surface area contributed by atoms with E-state index in [4.69, 9.17) is 4.74 Å². The first-order valence-corrected chi connectivity index (χ1v) is 10.4. The van der Waals surface area contributed by atoms with Crippen LogP contribution in [-0.4, -0.2) is 57.5 Å². The van der Waals surface area contributed by atoms with Gasteiger partial charge in [-0.3, -0.25) is 9.59 Å². The number of alkyl halides is 3. The van der Waals surface area contributed by atoms with E-state index in [0.29, 0.717) is 31.0 Å². The SMILES string of the molecule is Cc1cc2n(n1)[C@@H](C(F)(F)F)C[C@@H]([C@H]1CCCN(C(=O)[C@@H]3CC(=O)OC3(C)C)C1)N2. The number of anilines is 1. The lowest BCUT2D eigenvalue weighted by molar-refractivity contribution is -0.175. The number of amides is 1. The number of fused-ring (bicyclic) bond motifs is 1. The number of nitrogens with one attached hydrogen (secondary N) is 1. The summed E-state index contributed by atoms with van der Waals surface area (Å²) in [6, 6.07) is -0.468. The molecule has 0 spiro atoms. The number of likely N-dealkylation sites (tertiary alicyclic amines) is 1. The second-order valence-corrected chi connectivity index (χ2v) is 9.18. The van der Waals surface area contributed by atoms with Crippen molar-refractivity contribution in [1.82, 2.24) is 14.7 Å². The first-order chi connectivity index (χ1) is 14.0. The van der Waals surface area contributed by atoms with Crippen molar-refractivity contribution in [1.29, 1.82) is 0 Å². The van der Waals surface area contributed by atoms with Crippen LogP contribution in [0.25, 0.3) is 0 Å². The smallest absolute Gasteiger partial charge is 0.410 e. The number of aryl methyl sites for hydroxylation is 1. The molecule has 2 saturated heterocycles. The van der Waals surface area contributed by atoms with Crippen molar-refractivity contribution in [3.8, 4) is 0 Å². The van der Waals surface area contributed by atoms with Crippen LogP contribution in [0.3, 0.4) is 0 Å². The van der Waals surface area contributed by atoms with Gasteiger partial charge in [-0.2, -0.15) is 18.3 Å². The molecule has 7 nitrogen and oxygen atoms in total. The van der Waals surface area contributed by atoms with E-state index < -0.39 is 35.7 Å². The van der Waals surface area contributed by atoms with Crippen molar-refractivity contribution in [2.75, 3.05) is 18.4 Å². The molecule has 0 bridgehead atoms. The Labute approximate surface area is 172 Å². The molecule has 0 saturated carbocycles. The molecule has 0 unspecified atom stereocenters. The second kappa shape index (κ2) is 7.16. The van der Waals surface area contributed by atoms with E-state index in [1.54, 1.807) is 31.7 Å². The van der Waals surface area contributed by atoms with E-state index in [2.05, 4.69) is 10.4 Å². The summed E-state index contributed by atoms with van der Waals surface area (Å²) in [7, 11) is 0. The van der Waals surface area contributed by atoms with Crippen molar-refractivity contribution in [2.45, 2.75) is 70.3 Å². The molecule has 1 aromatic heterocycles. The summed E-state index contributed by atoms with van der Waals surface area (Å²) >= 11 is 0. The van der Waals surface area contributed by atoms with Crippen molar-refractivity contribution in [2.24, 2.45) is 11.8 Å². The molecule has 3 aliphatic heterocycles. The van der Waals surface area contributed by atoms with E-state index in [0.717, 1.165) is 11.1 Å². The molecule has 3 aliphatic rings. The molecule has 4 rings (SSSR count). The summed E-state index contributed by atoms with van der Waals surface area (Å²) in [5.41, 5.74) is -0.337. The van der Waals surface area contributed by atoms with Gasteiger partial charge >= 0.3 is 12.1 Å². The number of carbonyl (C=O) groups excluding carboxylic acids is 2. The third-order valence-electron chi connectivity index (χ3n) is 6.56. The van der Waals surface area contributed by atoms with Gasteiger partial charge in [0.1, 0.15) is 11.4 Å². The number of rotatable bonds is 2. The van der Waals surface area contributed by atoms with Crippen LogP contribution in [0.15, 0.2) is 6.07 Å². The molecule has 0 aromatic carbocycles. The summed E-state index contributed by atoms with van der Waals surface area (Å²) in [6.45, 7) is 6.03. The molecule has 4 atom stereocenters. The number of carbonyl (C=O) groups is 2. The monoisotopic (exact) mass is 428 g/mol. The Hall–Kier alpha value is -2.26. The van der Waals surface area contributed by atoms with Crippen LogP contribution in [0, 0.1) is 18.8 Å². The zero-order valence-electron chi connectivity index (χ0n) is 17.3. The summed E-state index contributed by atoms with van der Waals surface area (Å²) < 4.78 is 47.4. The predicted molar refractivity (Wildman–Crippen MR) is 102 cm³/mol. The number of aromatic nitrogens is 2. The van der Waals surface area contributed by atoms with Gasteiger partial charge in [-0.25, -0.2) is 4.68 Å². The highest BCUT2D eigenvalue weighted by molar-refractivity contribution is 5.87.